The Morgan fingerprint density at radius 3 is 1.93 bits per heavy atom. The Labute approximate surface area is 242 Å². The van der Waals surface area contributed by atoms with Crippen molar-refractivity contribution in [3.05, 3.63) is 0 Å². The molecule has 40 heavy (non-hydrogen) atoms. The second kappa shape index (κ2) is 11.4. The van der Waals surface area contributed by atoms with E-state index >= 15 is 0 Å². The van der Waals surface area contributed by atoms with E-state index in [-0.39, 0.29) is 52.7 Å². The largest absolute Gasteiger partial charge is 0.462 e. The molecule has 0 aromatic rings. The summed E-state index contributed by atoms with van der Waals surface area (Å²) in [6.45, 7) is 6.61. The molecular formula is C35H54O5. The first-order chi connectivity index (χ1) is 19.2. The highest BCUT2D eigenvalue weighted by Crippen LogP contribution is 2.68. The van der Waals surface area contributed by atoms with Gasteiger partial charge in [-0.3, -0.25) is 14.4 Å². The third-order valence-electron chi connectivity index (χ3n) is 13.4. The van der Waals surface area contributed by atoms with E-state index in [4.69, 9.17) is 9.47 Å². The summed E-state index contributed by atoms with van der Waals surface area (Å²) in [5.74, 6) is 2.54. The summed E-state index contributed by atoms with van der Waals surface area (Å²) in [5, 5.41) is 0. The fourth-order valence-electron chi connectivity index (χ4n) is 11.4. The highest BCUT2D eigenvalue weighted by Gasteiger charge is 2.65. The second-order valence-electron chi connectivity index (χ2n) is 15.5. The number of hydrogen-bond donors (Lipinski definition) is 0. The monoisotopic (exact) mass is 554 g/mol. The fourth-order valence-corrected chi connectivity index (χ4v) is 11.4. The lowest BCUT2D eigenvalue weighted by Crippen LogP contribution is -2.60. The van der Waals surface area contributed by atoms with Crippen LogP contribution in [0.2, 0.25) is 0 Å². The van der Waals surface area contributed by atoms with E-state index in [0.717, 1.165) is 103 Å². The summed E-state index contributed by atoms with van der Waals surface area (Å²) in [5.41, 5.74) is 0.0181. The lowest BCUT2D eigenvalue weighted by atomic mass is 9.43. The van der Waals surface area contributed by atoms with Crippen molar-refractivity contribution in [1.82, 2.24) is 0 Å². The minimum atomic E-state index is -0.102. The van der Waals surface area contributed by atoms with E-state index < -0.39 is 0 Å². The molecule has 6 rings (SSSR count). The number of fused-ring (bicyclic) bond motifs is 5. The Hall–Kier alpha value is -1.39. The van der Waals surface area contributed by atoms with Crippen molar-refractivity contribution in [1.29, 1.82) is 0 Å². The van der Waals surface area contributed by atoms with Crippen LogP contribution in [0.3, 0.4) is 0 Å². The van der Waals surface area contributed by atoms with Crippen molar-refractivity contribution < 1.29 is 23.9 Å². The molecule has 5 nitrogen and oxygen atoms in total. The third kappa shape index (κ3) is 5.08. The summed E-state index contributed by atoms with van der Waals surface area (Å²) in [6.07, 6.45) is 19.1. The molecular weight excluding hydrogens is 500 g/mol. The van der Waals surface area contributed by atoms with Crippen LogP contribution in [-0.4, -0.2) is 29.9 Å². The maximum atomic E-state index is 13.6. The molecule has 0 heterocycles. The fraction of sp³-hybridized carbons (Fsp3) is 0.914. The predicted molar refractivity (Wildman–Crippen MR) is 154 cm³/mol. The van der Waals surface area contributed by atoms with Crippen LogP contribution in [0.5, 0.6) is 0 Å². The zero-order valence-electron chi connectivity index (χ0n) is 25.5. The predicted octanol–water partition coefficient (Wildman–Crippen LogP) is 7.83. The van der Waals surface area contributed by atoms with Crippen molar-refractivity contribution in [2.24, 2.45) is 52.3 Å². The van der Waals surface area contributed by atoms with Gasteiger partial charge in [-0.1, -0.05) is 52.4 Å². The van der Waals surface area contributed by atoms with Gasteiger partial charge in [-0.2, -0.15) is 0 Å². The first-order valence-corrected chi connectivity index (χ1v) is 17.1. The van der Waals surface area contributed by atoms with E-state index in [1.165, 1.54) is 12.8 Å². The van der Waals surface area contributed by atoms with E-state index in [1.54, 1.807) is 6.92 Å². The van der Waals surface area contributed by atoms with E-state index in [9.17, 15) is 14.4 Å². The lowest BCUT2D eigenvalue weighted by Gasteiger charge is -2.62. The minimum Gasteiger partial charge on any atom is -0.462 e. The molecule has 0 amide bonds. The van der Waals surface area contributed by atoms with E-state index in [1.807, 2.05) is 0 Å². The van der Waals surface area contributed by atoms with Crippen LogP contribution in [0, 0.1) is 52.3 Å². The first kappa shape index (κ1) is 28.7. The number of carbonyl (C=O) groups is 3. The van der Waals surface area contributed by atoms with Gasteiger partial charge in [0.15, 0.2) is 0 Å². The van der Waals surface area contributed by atoms with Crippen molar-refractivity contribution in [3.8, 4) is 0 Å². The molecule has 9 atom stereocenters. The quantitative estimate of drug-likeness (QED) is 0.324. The molecule has 0 bridgehead atoms. The molecule has 6 aliphatic rings. The van der Waals surface area contributed by atoms with Gasteiger partial charge in [-0.15, -0.1) is 0 Å². The van der Waals surface area contributed by atoms with Gasteiger partial charge in [0, 0.05) is 11.8 Å². The van der Waals surface area contributed by atoms with Crippen LogP contribution in [-0.2, 0) is 23.9 Å². The Morgan fingerprint density at radius 1 is 0.675 bits per heavy atom. The van der Waals surface area contributed by atoms with Gasteiger partial charge in [-0.05, 0) is 113 Å². The second-order valence-corrected chi connectivity index (χ2v) is 15.5. The van der Waals surface area contributed by atoms with Gasteiger partial charge in [0.25, 0.3) is 0 Å². The van der Waals surface area contributed by atoms with Crippen LogP contribution in [0.15, 0.2) is 0 Å². The molecule has 6 aliphatic carbocycles. The standard InChI is InChI=1S/C35H54O5/c1-22(36)28-16-17-29-27-15-14-25-20-26(39-32(37)23-10-6-4-7-11-23)18-19-34(25,2)31(27)30(21-35(28,29)3)40-33(38)24-12-8-5-9-13-24/h23-31H,4-21H2,1-3H3/t25-,26-,27+,28-,29+,30-,31-,34+,35-/m1/s1. The normalized spacial score (nSPS) is 44.1. The number of ether oxygens (including phenoxy) is 2. The maximum Gasteiger partial charge on any atom is 0.309 e. The number of esters is 2. The number of carbonyl (C=O) groups excluding carboxylic acids is 3. The number of hydrogen-bond acceptors (Lipinski definition) is 5. The smallest absolute Gasteiger partial charge is 0.309 e. The Kier molecular flexibility index (Phi) is 8.16. The molecule has 0 aliphatic heterocycles. The molecule has 0 radical (unpaired) electrons. The summed E-state index contributed by atoms with van der Waals surface area (Å²) >= 11 is 0. The van der Waals surface area contributed by atoms with Crippen molar-refractivity contribution in [3.63, 3.8) is 0 Å². The Balaban J connectivity index is 1.22. The molecule has 0 aromatic heterocycles. The zero-order valence-corrected chi connectivity index (χ0v) is 25.5. The van der Waals surface area contributed by atoms with Crippen LogP contribution in [0.25, 0.3) is 0 Å². The van der Waals surface area contributed by atoms with Crippen LogP contribution < -0.4 is 0 Å². The maximum absolute atomic E-state index is 13.6. The molecule has 0 N–H and O–H groups in total. The SMILES string of the molecule is CC(=O)[C@H]1CC[C@H]2[C@@H]3CC[C@@H]4C[C@H](OC(=O)C5CCCCC5)CC[C@]4(C)[C@H]3[C@H](OC(=O)C3CCCCC3)C[C@]12C. The average molecular weight is 555 g/mol. The molecule has 6 saturated carbocycles. The molecule has 224 valence electrons. The summed E-state index contributed by atoms with van der Waals surface area (Å²) in [4.78, 5) is 39.4. The van der Waals surface area contributed by atoms with Crippen molar-refractivity contribution >= 4 is 17.7 Å². The first-order valence-electron chi connectivity index (χ1n) is 17.1. The van der Waals surface area contributed by atoms with Gasteiger partial charge in [0.05, 0.1) is 11.8 Å². The summed E-state index contributed by atoms with van der Waals surface area (Å²) < 4.78 is 12.8. The molecule has 0 saturated heterocycles. The van der Waals surface area contributed by atoms with Crippen LogP contribution in [0.4, 0.5) is 0 Å². The molecule has 0 spiro atoms. The van der Waals surface area contributed by atoms with Crippen molar-refractivity contribution in [2.75, 3.05) is 0 Å². The van der Waals surface area contributed by atoms with Gasteiger partial charge in [0.2, 0.25) is 0 Å². The van der Waals surface area contributed by atoms with Crippen LogP contribution in [0.1, 0.15) is 136 Å². The zero-order chi connectivity index (χ0) is 28.1. The Bertz CT molecular complexity index is 963. The van der Waals surface area contributed by atoms with Gasteiger partial charge < -0.3 is 9.47 Å². The topological polar surface area (TPSA) is 69.7 Å². The summed E-state index contributed by atoms with van der Waals surface area (Å²) in [6, 6.07) is 0. The van der Waals surface area contributed by atoms with E-state index in [2.05, 4.69) is 13.8 Å². The number of Topliss-reactive ketones (excluding diaryl/α,β-unsaturated/α-hetero) is 1. The van der Waals surface area contributed by atoms with Gasteiger partial charge in [-0.25, -0.2) is 0 Å². The highest BCUT2D eigenvalue weighted by atomic mass is 16.5. The average Bonchev–Trinajstić information content (AvgIpc) is 3.31. The number of rotatable bonds is 5. The molecule has 6 fully saturated rings. The summed E-state index contributed by atoms with van der Waals surface area (Å²) in [7, 11) is 0. The highest BCUT2D eigenvalue weighted by molar-refractivity contribution is 5.79. The lowest BCUT2D eigenvalue weighted by molar-refractivity contribution is -0.205. The Morgan fingerprint density at radius 2 is 1.30 bits per heavy atom. The van der Waals surface area contributed by atoms with Gasteiger partial charge >= 0.3 is 11.9 Å². The van der Waals surface area contributed by atoms with E-state index in [0.29, 0.717) is 29.5 Å². The third-order valence-corrected chi connectivity index (χ3v) is 13.4. The number of ketones is 1. The van der Waals surface area contributed by atoms with Gasteiger partial charge in [0.1, 0.15) is 18.0 Å². The van der Waals surface area contributed by atoms with Crippen molar-refractivity contribution in [2.45, 2.75) is 149 Å². The van der Waals surface area contributed by atoms with Crippen LogP contribution >= 0.6 is 0 Å². The molecule has 0 aromatic carbocycles. The molecule has 0 unspecified atom stereocenters. The minimum absolute atomic E-state index is 0.0312. The molecule has 5 heteroatoms.